The lowest BCUT2D eigenvalue weighted by atomic mass is 9.77. The maximum Gasteiger partial charge on any atom is 0.138 e. The summed E-state index contributed by atoms with van der Waals surface area (Å²) in [7, 11) is 0. The van der Waals surface area contributed by atoms with Gasteiger partial charge in [-0.05, 0) is 44.9 Å². The Kier molecular flexibility index (Phi) is 4.08. The van der Waals surface area contributed by atoms with Crippen molar-refractivity contribution in [2.75, 3.05) is 19.8 Å². The molecule has 0 atom stereocenters. The molecule has 3 rings (SSSR count). The van der Waals surface area contributed by atoms with Crippen LogP contribution in [0.1, 0.15) is 51.4 Å². The predicted molar refractivity (Wildman–Crippen MR) is 77.6 cm³/mol. The third-order valence-corrected chi connectivity index (χ3v) is 4.57. The highest BCUT2D eigenvalue weighted by molar-refractivity contribution is 4.98. The van der Waals surface area contributed by atoms with Gasteiger partial charge in [0.05, 0.1) is 0 Å². The van der Waals surface area contributed by atoms with Gasteiger partial charge in [0.1, 0.15) is 12.2 Å². The lowest BCUT2D eigenvalue weighted by Gasteiger charge is -2.37. The number of nitrogens with one attached hydrogen (secondary N) is 1. The summed E-state index contributed by atoms with van der Waals surface area (Å²) in [5.74, 6) is 1.12. The van der Waals surface area contributed by atoms with E-state index in [1.54, 1.807) is 6.33 Å². The van der Waals surface area contributed by atoms with Crippen molar-refractivity contribution in [2.45, 2.75) is 58.0 Å². The first-order valence-electron chi connectivity index (χ1n) is 7.88. The van der Waals surface area contributed by atoms with Crippen LogP contribution in [0.3, 0.4) is 0 Å². The number of hydrogen-bond donors (Lipinski definition) is 1. The van der Waals surface area contributed by atoms with Crippen molar-refractivity contribution in [3.8, 4) is 0 Å². The monoisotopic (exact) mass is 278 g/mol. The van der Waals surface area contributed by atoms with Crippen molar-refractivity contribution in [3.63, 3.8) is 0 Å². The molecule has 1 aromatic heterocycles. The smallest absolute Gasteiger partial charge is 0.138 e. The first kappa shape index (κ1) is 14.0. The fourth-order valence-electron chi connectivity index (χ4n) is 3.04. The average Bonchev–Trinajstić information content (AvgIpc) is 3.16. The molecule has 2 fully saturated rings. The molecule has 1 saturated carbocycles. The molecular formula is C15H26N4O. The zero-order valence-electron chi connectivity index (χ0n) is 12.6. The second kappa shape index (κ2) is 5.82. The first-order valence-corrected chi connectivity index (χ1v) is 7.88. The quantitative estimate of drug-likeness (QED) is 0.864. The maximum atomic E-state index is 5.57. The van der Waals surface area contributed by atoms with Crippen molar-refractivity contribution in [2.24, 2.45) is 5.41 Å². The van der Waals surface area contributed by atoms with Crippen LogP contribution in [-0.4, -0.2) is 40.6 Å². The molecule has 1 N–H and O–H groups in total. The highest BCUT2D eigenvalue weighted by atomic mass is 16.5. The summed E-state index contributed by atoms with van der Waals surface area (Å²) >= 11 is 0. The maximum absolute atomic E-state index is 5.57. The SMILES string of the molecule is CC(C)n1ncnc1CC1(CNC2CC2)CCOCC1. The molecule has 2 aliphatic rings. The van der Waals surface area contributed by atoms with Gasteiger partial charge in [0.25, 0.3) is 0 Å². The molecule has 5 nitrogen and oxygen atoms in total. The van der Waals surface area contributed by atoms with E-state index >= 15 is 0 Å². The van der Waals surface area contributed by atoms with E-state index in [-0.39, 0.29) is 0 Å². The summed E-state index contributed by atoms with van der Waals surface area (Å²) in [5, 5.41) is 8.09. The lowest BCUT2D eigenvalue weighted by molar-refractivity contribution is 0.0132. The molecule has 2 heterocycles. The second-order valence-corrected chi connectivity index (χ2v) is 6.66. The predicted octanol–water partition coefficient (Wildman–Crippen LogP) is 1.95. The van der Waals surface area contributed by atoms with Gasteiger partial charge in [-0.15, -0.1) is 0 Å². The Hall–Kier alpha value is -0.940. The largest absolute Gasteiger partial charge is 0.381 e. The highest BCUT2D eigenvalue weighted by Gasteiger charge is 2.36. The molecule has 1 aliphatic heterocycles. The minimum atomic E-state index is 0.292. The van der Waals surface area contributed by atoms with Crippen LogP contribution in [0.25, 0.3) is 0 Å². The van der Waals surface area contributed by atoms with Gasteiger partial charge in [0.2, 0.25) is 0 Å². The molecule has 5 heteroatoms. The van der Waals surface area contributed by atoms with E-state index in [0.29, 0.717) is 11.5 Å². The molecule has 1 saturated heterocycles. The summed E-state index contributed by atoms with van der Waals surface area (Å²) in [6, 6.07) is 1.14. The van der Waals surface area contributed by atoms with Crippen LogP contribution in [-0.2, 0) is 11.2 Å². The average molecular weight is 278 g/mol. The molecule has 112 valence electrons. The van der Waals surface area contributed by atoms with E-state index < -0.39 is 0 Å². The van der Waals surface area contributed by atoms with E-state index in [1.165, 1.54) is 12.8 Å². The van der Waals surface area contributed by atoms with E-state index in [2.05, 4.69) is 33.9 Å². The van der Waals surface area contributed by atoms with Gasteiger partial charge in [-0.25, -0.2) is 9.67 Å². The minimum Gasteiger partial charge on any atom is -0.381 e. The van der Waals surface area contributed by atoms with Gasteiger partial charge in [-0.1, -0.05) is 0 Å². The Labute approximate surface area is 121 Å². The van der Waals surface area contributed by atoms with Gasteiger partial charge < -0.3 is 10.1 Å². The highest BCUT2D eigenvalue weighted by Crippen LogP contribution is 2.34. The van der Waals surface area contributed by atoms with E-state index in [1.807, 2.05) is 0 Å². The van der Waals surface area contributed by atoms with Crippen LogP contribution in [0.4, 0.5) is 0 Å². The zero-order valence-corrected chi connectivity index (χ0v) is 12.6. The van der Waals surface area contributed by atoms with Crippen LogP contribution in [0.2, 0.25) is 0 Å². The number of hydrogen-bond acceptors (Lipinski definition) is 4. The molecule has 20 heavy (non-hydrogen) atoms. The van der Waals surface area contributed by atoms with Crippen LogP contribution >= 0.6 is 0 Å². The molecule has 0 bridgehead atoms. The molecule has 0 aromatic carbocycles. The van der Waals surface area contributed by atoms with Gasteiger partial charge >= 0.3 is 0 Å². The fourth-order valence-corrected chi connectivity index (χ4v) is 3.04. The standard InChI is InChI=1S/C15H26N4O/c1-12(2)19-14(17-11-18-19)9-15(5-7-20-8-6-15)10-16-13-3-4-13/h11-13,16H,3-10H2,1-2H3. The van der Waals surface area contributed by atoms with Crippen molar-refractivity contribution in [1.82, 2.24) is 20.1 Å². The number of aromatic nitrogens is 3. The van der Waals surface area contributed by atoms with Crippen LogP contribution in [0.5, 0.6) is 0 Å². The molecule has 0 amide bonds. The minimum absolute atomic E-state index is 0.292. The lowest BCUT2D eigenvalue weighted by Crippen LogP contribution is -2.42. The zero-order chi connectivity index (χ0) is 14.0. The number of nitrogens with zero attached hydrogens (tertiary/aromatic N) is 3. The Morgan fingerprint density at radius 3 is 2.80 bits per heavy atom. The fraction of sp³-hybridized carbons (Fsp3) is 0.867. The third kappa shape index (κ3) is 3.20. The van der Waals surface area contributed by atoms with Crippen LogP contribution in [0, 0.1) is 5.41 Å². The molecule has 0 unspecified atom stereocenters. The molecule has 1 aliphatic carbocycles. The topological polar surface area (TPSA) is 52.0 Å². The normalized spacial score (nSPS) is 22.4. The Bertz CT molecular complexity index is 433. The van der Waals surface area contributed by atoms with Crippen LogP contribution < -0.4 is 5.32 Å². The number of rotatable bonds is 6. The summed E-state index contributed by atoms with van der Waals surface area (Å²) in [6.07, 6.45) is 7.63. The molecule has 0 spiro atoms. The summed E-state index contributed by atoms with van der Waals surface area (Å²) in [4.78, 5) is 4.50. The Balaban J connectivity index is 1.72. The van der Waals surface area contributed by atoms with Crippen molar-refractivity contribution < 1.29 is 4.74 Å². The van der Waals surface area contributed by atoms with Gasteiger partial charge in [-0.2, -0.15) is 5.10 Å². The number of ether oxygens (including phenoxy) is 1. The van der Waals surface area contributed by atoms with E-state index in [9.17, 15) is 0 Å². The van der Waals surface area contributed by atoms with Crippen molar-refractivity contribution in [1.29, 1.82) is 0 Å². The molecule has 0 radical (unpaired) electrons. The summed E-state index contributed by atoms with van der Waals surface area (Å²) in [6.45, 7) is 7.17. The molecular weight excluding hydrogens is 252 g/mol. The Morgan fingerprint density at radius 1 is 1.40 bits per heavy atom. The summed E-state index contributed by atoms with van der Waals surface area (Å²) in [5.41, 5.74) is 0.292. The van der Waals surface area contributed by atoms with Gasteiger partial charge in [-0.3, -0.25) is 0 Å². The van der Waals surface area contributed by atoms with E-state index in [0.717, 1.165) is 50.9 Å². The Morgan fingerprint density at radius 2 is 2.15 bits per heavy atom. The van der Waals surface area contributed by atoms with Crippen molar-refractivity contribution in [3.05, 3.63) is 12.2 Å². The summed E-state index contributed by atoms with van der Waals surface area (Å²) < 4.78 is 7.64. The third-order valence-electron chi connectivity index (χ3n) is 4.57. The van der Waals surface area contributed by atoms with Gasteiger partial charge in [0.15, 0.2) is 0 Å². The molecule has 1 aromatic rings. The van der Waals surface area contributed by atoms with Gasteiger partial charge in [0, 0.05) is 38.3 Å². The van der Waals surface area contributed by atoms with Crippen LogP contribution in [0.15, 0.2) is 6.33 Å². The first-order chi connectivity index (χ1) is 9.69. The van der Waals surface area contributed by atoms with E-state index in [4.69, 9.17) is 4.74 Å². The van der Waals surface area contributed by atoms with Crippen molar-refractivity contribution >= 4 is 0 Å². The second-order valence-electron chi connectivity index (χ2n) is 6.66.